The van der Waals surface area contributed by atoms with E-state index in [1.165, 1.54) is 6.26 Å². The SMILES string of the molecule is Cc1ccc2occ(C(C(=O)Nc3cc(C)c4ccccc4c3)[P+](=O)O)c2c1. The van der Waals surface area contributed by atoms with E-state index in [-0.39, 0.29) is 0 Å². The van der Waals surface area contributed by atoms with Gasteiger partial charge in [0.15, 0.2) is 0 Å². The monoisotopic (exact) mass is 392 g/mol. The maximum absolute atomic E-state index is 12.9. The molecule has 3 aromatic carbocycles. The molecule has 0 fully saturated rings. The van der Waals surface area contributed by atoms with Gasteiger partial charge in [-0.25, -0.2) is 0 Å². The maximum atomic E-state index is 12.9. The number of nitrogens with one attached hydrogen (secondary N) is 1. The van der Waals surface area contributed by atoms with Crippen LogP contribution in [0, 0.1) is 13.8 Å². The lowest BCUT2D eigenvalue weighted by atomic mass is 10.0. The number of aryl methyl sites for hydroxylation is 2. The van der Waals surface area contributed by atoms with Crippen molar-refractivity contribution in [3.05, 3.63) is 77.6 Å². The fourth-order valence-corrected chi connectivity index (χ4v) is 4.22. The van der Waals surface area contributed by atoms with Crippen LogP contribution in [0.2, 0.25) is 0 Å². The molecule has 1 amide bonds. The molecular formula is C22H19NO4P+. The highest BCUT2D eigenvalue weighted by atomic mass is 31.1. The molecule has 5 nitrogen and oxygen atoms in total. The number of furan rings is 1. The average molecular weight is 392 g/mol. The van der Waals surface area contributed by atoms with Gasteiger partial charge in [0.1, 0.15) is 11.8 Å². The molecule has 1 aromatic heterocycles. The Balaban J connectivity index is 1.72. The number of anilines is 1. The van der Waals surface area contributed by atoms with E-state index in [9.17, 15) is 14.3 Å². The third-order valence-corrected chi connectivity index (χ3v) is 5.81. The Hall–Kier alpha value is -3.01. The van der Waals surface area contributed by atoms with Crippen molar-refractivity contribution in [2.24, 2.45) is 0 Å². The zero-order chi connectivity index (χ0) is 19.8. The quantitative estimate of drug-likeness (QED) is 0.442. The molecule has 2 atom stereocenters. The molecule has 4 aromatic rings. The lowest BCUT2D eigenvalue weighted by molar-refractivity contribution is -0.116. The van der Waals surface area contributed by atoms with Gasteiger partial charge in [-0.2, -0.15) is 4.89 Å². The Morgan fingerprint density at radius 3 is 2.64 bits per heavy atom. The summed E-state index contributed by atoms with van der Waals surface area (Å²) in [6, 6.07) is 17.1. The van der Waals surface area contributed by atoms with Gasteiger partial charge in [0.2, 0.25) is 0 Å². The van der Waals surface area contributed by atoms with Gasteiger partial charge in [-0.05, 0) is 59.0 Å². The number of rotatable bonds is 4. The van der Waals surface area contributed by atoms with Crippen molar-refractivity contribution in [1.82, 2.24) is 0 Å². The van der Waals surface area contributed by atoms with Crippen molar-refractivity contribution in [3.8, 4) is 0 Å². The fourth-order valence-electron chi connectivity index (χ4n) is 3.52. The number of hydrogen-bond donors (Lipinski definition) is 2. The van der Waals surface area contributed by atoms with E-state index in [1.54, 1.807) is 6.07 Å². The first kappa shape index (κ1) is 18.4. The van der Waals surface area contributed by atoms with Crippen molar-refractivity contribution in [1.29, 1.82) is 0 Å². The van der Waals surface area contributed by atoms with E-state index in [0.29, 0.717) is 22.2 Å². The number of fused-ring (bicyclic) bond motifs is 2. The van der Waals surface area contributed by atoms with Crippen LogP contribution < -0.4 is 5.32 Å². The van der Waals surface area contributed by atoms with Crippen LogP contribution in [0.5, 0.6) is 0 Å². The molecule has 2 N–H and O–H groups in total. The second-order valence-corrected chi connectivity index (χ2v) is 8.02. The summed E-state index contributed by atoms with van der Waals surface area (Å²) in [6.45, 7) is 3.89. The third-order valence-electron chi connectivity index (χ3n) is 4.86. The minimum Gasteiger partial charge on any atom is -0.464 e. The number of amides is 1. The molecule has 1 heterocycles. The number of hydrogen-bond acceptors (Lipinski definition) is 3. The highest BCUT2D eigenvalue weighted by Crippen LogP contribution is 2.42. The van der Waals surface area contributed by atoms with E-state index in [0.717, 1.165) is 21.9 Å². The Morgan fingerprint density at radius 1 is 1.07 bits per heavy atom. The minimum atomic E-state index is -2.80. The van der Waals surface area contributed by atoms with Crippen molar-refractivity contribution in [2.75, 3.05) is 5.32 Å². The highest BCUT2D eigenvalue weighted by molar-refractivity contribution is 7.40. The molecule has 140 valence electrons. The Labute approximate surface area is 162 Å². The second kappa shape index (κ2) is 7.19. The van der Waals surface area contributed by atoms with Gasteiger partial charge in [-0.15, -0.1) is 0 Å². The van der Waals surface area contributed by atoms with Gasteiger partial charge >= 0.3 is 8.03 Å². The summed E-state index contributed by atoms with van der Waals surface area (Å²) in [6.07, 6.45) is 1.39. The first-order chi connectivity index (χ1) is 13.4. The zero-order valence-electron chi connectivity index (χ0n) is 15.5. The predicted molar refractivity (Wildman–Crippen MR) is 111 cm³/mol. The van der Waals surface area contributed by atoms with Gasteiger partial charge in [-0.1, -0.05) is 35.9 Å². The normalized spacial score (nSPS) is 12.9. The van der Waals surface area contributed by atoms with Crippen LogP contribution >= 0.6 is 8.03 Å². The first-order valence-electron chi connectivity index (χ1n) is 8.87. The molecule has 0 aliphatic heterocycles. The summed E-state index contributed by atoms with van der Waals surface area (Å²) >= 11 is 0. The summed E-state index contributed by atoms with van der Waals surface area (Å²) in [4.78, 5) is 22.8. The van der Waals surface area contributed by atoms with Crippen LogP contribution in [-0.2, 0) is 9.36 Å². The maximum Gasteiger partial charge on any atom is 0.523 e. The van der Waals surface area contributed by atoms with Crippen LogP contribution in [0.3, 0.4) is 0 Å². The van der Waals surface area contributed by atoms with Crippen LogP contribution in [0.4, 0.5) is 5.69 Å². The van der Waals surface area contributed by atoms with Crippen molar-refractivity contribution in [2.45, 2.75) is 19.5 Å². The predicted octanol–water partition coefficient (Wildman–Crippen LogP) is 5.62. The van der Waals surface area contributed by atoms with Crippen LogP contribution in [0.1, 0.15) is 22.3 Å². The molecule has 0 spiro atoms. The molecule has 4 rings (SSSR count). The van der Waals surface area contributed by atoms with E-state index < -0.39 is 19.6 Å². The van der Waals surface area contributed by atoms with Gasteiger partial charge in [0, 0.05) is 11.1 Å². The smallest absolute Gasteiger partial charge is 0.464 e. The minimum absolute atomic E-state index is 0.414. The summed E-state index contributed by atoms with van der Waals surface area (Å²) in [5, 5.41) is 5.56. The first-order valence-corrected chi connectivity index (χ1v) is 10.2. The molecule has 0 saturated carbocycles. The topological polar surface area (TPSA) is 79.5 Å². The lowest BCUT2D eigenvalue weighted by Gasteiger charge is -2.10. The van der Waals surface area contributed by atoms with E-state index in [4.69, 9.17) is 4.42 Å². The Morgan fingerprint density at radius 2 is 1.86 bits per heavy atom. The van der Waals surface area contributed by atoms with Crippen LogP contribution in [0.25, 0.3) is 21.7 Å². The van der Waals surface area contributed by atoms with E-state index >= 15 is 0 Å². The van der Waals surface area contributed by atoms with Crippen molar-refractivity contribution < 1.29 is 18.7 Å². The summed E-state index contributed by atoms with van der Waals surface area (Å²) < 4.78 is 17.6. The van der Waals surface area contributed by atoms with Crippen molar-refractivity contribution in [3.63, 3.8) is 0 Å². The molecule has 6 heteroatoms. The number of carbonyl (C=O) groups is 1. The third kappa shape index (κ3) is 3.31. The largest absolute Gasteiger partial charge is 0.523 e. The Kier molecular flexibility index (Phi) is 4.71. The molecule has 0 aliphatic rings. The summed E-state index contributed by atoms with van der Waals surface area (Å²) in [5.41, 5.74) is 2.36. The fraction of sp³-hybridized carbons (Fsp3) is 0.136. The standard InChI is InChI=1S/C22H18NO4P/c1-13-7-8-20-18(9-13)19(12-27-20)21(28(25)26)22(24)23-16-10-14(2)17-6-4-3-5-15(17)11-16/h3-12,21H,1-2H3,(H-,23,24,25,26)/p+1. The Bertz CT molecular complexity index is 1230. The van der Waals surface area contributed by atoms with Gasteiger partial charge in [0.25, 0.3) is 11.6 Å². The van der Waals surface area contributed by atoms with Crippen molar-refractivity contribution >= 4 is 41.4 Å². The van der Waals surface area contributed by atoms with Gasteiger partial charge in [-0.3, -0.25) is 4.79 Å². The summed E-state index contributed by atoms with van der Waals surface area (Å²) in [5.74, 6) is -0.539. The molecule has 2 unspecified atom stereocenters. The molecular weight excluding hydrogens is 373 g/mol. The van der Waals surface area contributed by atoms with E-state index in [1.807, 2.05) is 62.4 Å². The molecule has 0 bridgehead atoms. The van der Waals surface area contributed by atoms with Crippen LogP contribution in [-0.4, -0.2) is 10.8 Å². The summed E-state index contributed by atoms with van der Waals surface area (Å²) in [7, 11) is -2.80. The zero-order valence-corrected chi connectivity index (χ0v) is 16.4. The van der Waals surface area contributed by atoms with Gasteiger partial charge in [0.05, 0.1) is 5.56 Å². The highest BCUT2D eigenvalue weighted by Gasteiger charge is 2.41. The molecule has 0 aliphatic carbocycles. The number of carbonyl (C=O) groups excluding carboxylic acids is 1. The molecule has 28 heavy (non-hydrogen) atoms. The van der Waals surface area contributed by atoms with Crippen LogP contribution in [0.15, 0.2) is 65.3 Å². The lowest BCUT2D eigenvalue weighted by Crippen LogP contribution is -2.18. The van der Waals surface area contributed by atoms with E-state index in [2.05, 4.69) is 5.32 Å². The second-order valence-electron chi connectivity index (χ2n) is 6.90. The number of benzene rings is 3. The average Bonchev–Trinajstić information content (AvgIpc) is 3.04. The molecule has 0 saturated heterocycles. The molecule has 0 radical (unpaired) electrons. The van der Waals surface area contributed by atoms with Gasteiger partial charge < -0.3 is 9.73 Å².